The van der Waals surface area contributed by atoms with Crippen molar-refractivity contribution in [2.75, 3.05) is 32.7 Å². The maximum Gasteiger partial charge on any atom is 0.254 e. The van der Waals surface area contributed by atoms with E-state index >= 15 is 0 Å². The largest absolute Gasteiger partial charge is 0.357 e. The zero-order valence-corrected chi connectivity index (χ0v) is 14.9. The van der Waals surface area contributed by atoms with Crippen LogP contribution < -0.4 is 10.6 Å². The van der Waals surface area contributed by atoms with Gasteiger partial charge in [0.05, 0.1) is 12.1 Å². The molecule has 0 radical (unpaired) electrons. The molecule has 0 bridgehead atoms. The first-order valence-corrected chi connectivity index (χ1v) is 9.19. The van der Waals surface area contributed by atoms with Crippen molar-refractivity contribution in [3.63, 3.8) is 0 Å². The fourth-order valence-electron chi connectivity index (χ4n) is 3.70. The molecular weight excluding hydrogens is 319 g/mol. The number of nitrogens with zero attached hydrogens (tertiary/aromatic N) is 2. The van der Waals surface area contributed by atoms with Gasteiger partial charge in [-0.3, -0.25) is 9.79 Å². The van der Waals surface area contributed by atoms with E-state index in [4.69, 9.17) is 0 Å². The van der Waals surface area contributed by atoms with Gasteiger partial charge in [0, 0.05) is 26.2 Å². The van der Waals surface area contributed by atoms with Gasteiger partial charge >= 0.3 is 0 Å². The minimum Gasteiger partial charge on any atom is -0.357 e. The van der Waals surface area contributed by atoms with E-state index in [-0.39, 0.29) is 5.56 Å². The van der Waals surface area contributed by atoms with Gasteiger partial charge in [0.2, 0.25) is 0 Å². The van der Waals surface area contributed by atoms with Crippen LogP contribution in [-0.4, -0.2) is 49.5 Å². The van der Waals surface area contributed by atoms with E-state index < -0.39 is 11.7 Å². The van der Waals surface area contributed by atoms with Gasteiger partial charge in [-0.25, -0.2) is 4.39 Å². The zero-order chi connectivity index (χ0) is 17.7. The Labute approximate surface area is 148 Å². The summed E-state index contributed by atoms with van der Waals surface area (Å²) in [4.78, 5) is 19.0. The lowest BCUT2D eigenvalue weighted by Gasteiger charge is -2.38. The number of hydrogen-bond donors (Lipinski definition) is 2. The summed E-state index contributed by atoms with van der Waals surface area (Å²) in [5.41, 5.74) is 0.597. The molecule has 2 aliphatic rings. The maximum absolute atomic E-state index is 13.6. The van der Waals surface area contributed by atoms with Crippen molar-refractivity contribution in [1.82, 2.24) is 15.5 Å². The van der Waals surface area contributed by atoms with Crippen molar-refractivity contribution in [3.05, 3.63) is 35.6 Å². The molecular formula is C19H27FN4O. The summed E-state index contributed by atoms with van der Waals surface area (Å²) in [6, 6.07) is 6.01. The highest BCUT2D eigenvalue weighted by atomic mass is 19.1. The monoisotopic (exact) mass is 346 g/mol. The summed E-state index contributed by atoms with van der Waals surface area (Å²) in [5.74, 6) is 0.0269. The van der Waals surface area contributed by atoms with Crippen molar-refractivity contribution in [3.8, 4) is 0 Å². The van der Waals surface area contributed by atoms with Crippen LogP contribution in [-0.2, 0) is 0 Å². The smallest absolute Gasteiger partial charge is 0.254 e. The van der Waals surface area contributed by atoms with Crippen molar-refractivity contribution in [2.24, 2.45) is 10.4 Å². The Balaban J connectivity index is 1.50. The summed E-state index contributed by atoms with van der Waals surface area (Å²) < 4.78 is 13.6. The van der Waals surface area contributed by atoms with E-state index in [2.05, 4.69) is 27.4 Å². The van der Waals surface area contributed by atoms with Crippen LogP contribution >= 0.6 is 0 Å². The van der Waals surface area contributed by atoms with Crippen LogP contribution in [0.15, 0.2) is 29.3 Å². The predicted octanol–water partition coefficient (Wildman–Crippen LogP) is 2.40. The van der Waals surface area contributed by atoms with Gasteiger partial charge in [-0.2, -0.15) is 0 Å². The summed E-state index contributed by atoms with van der Waals surface area (Å²) in [5, 5.41) is 6.08. The molecule has 3 rings (SSSR count). The lowest BCUT2D eigenvalue weighted by molar-refractivity contribution is 0.0951. The number of amides is 1. The molecule has 1 spiro atoms. The Hall–Kier alpha value is -2.11. The van der Waals surface area contributed by atoms with Crippen LogP contribution in [0.1, 0.15) is 43.0 Å². The molecule has 1 heterocycles. The normalized spacial score (nSPS) is 19.0. The number of nitrogens with one attached hydrogen (secondary N) is 2. The molecule has 0 atom stereocenters. The topological polar surface area (TPSA) is 56.7 Å². The number of guanidine groups is 1. The average molecular weight is 346 g/mol. The molecule has 0 unspecified atom stereocenters. The SMILES string of the molecule is CCNC(=NCCNC(=O)c1ccccc1F)N1CCC2(CCC2)C1. The lowest BCUT2D eigenvalue weighted by Crippen LogP contribution is -2.43. The summed E-state index contributed by atoms with van der Waals surface area (Å²) in [7, 11) is 0. The molecule has 2 fully saturated rings. The Bertz CT molecular complexity index is 642. The molecule has 1 aromatic carbocycles. The molecule has 1 saturated heterocycles. The number of benzene rings is 1. The van der Waals surface area contributed by atoms with E-state index in [9.17, 15) is 9.18 Å². The Morgan fingerprint density at radius 1 is 1.28 bits per heavy atom. The molecule has 1 aromatic rings. The standard InChI is InChI=1S/C19H27FN4O/c1-2-21-18(24-13-10-19(14-24)8-5-9-19)23-12-11-22-17(25)15-6-3-4-7-16(15)20/h3-4,6-7H,2,5,8-14H2,1H3,(H,21,23)(H,22,25). The van der Waals surface area contributed by atoms with Gasteiger partial charge in [0.15, 0.2) is 5.96 Å². The summed E-state index contributed by atoms with van der Waals surface area (Å²) in [6.45, 7) is 5.88. The zero-order valence-electron chi connectivity index (χ0n) is 14.9. The van der Waals surface area contributed by atoms with E-state index in [1.807, 2.05) is 0 Å². The molecule has 5 nitrogen and oxygen atoms in total. The Morgan fingerprint density at radius 3 is 2.72 bits per heavy atom. The molecule has 1 aliphatic heterocycles. The van der Waals surface area contributed by atoms with Crippen LogP contribution in [0.2, 0.25) is 0 Å². The predicted molar refractivity (Wildman–Crippen MR) is 97.2 cm³/mol. The van der Waals surface area contributed by atoms with Gasteiger partial charge < -0.3 is 15.5 Å². The summed E-state index contributed by atoms with van der Waals surface area (Å²) in [6.07, 6.45) is 5.27. The van der Waals surface area contributed by atoms with Crippen LogP contribution in [0.4, 0.5) is 4.39 Å². The van der Waals surface area contributed by atoms with Crippen LogP contribution in [0.3, 0.4) is 0 Å². The molecule has 0 aromatic heterocycles. The first kappa shape index (κ1) is 17.7. The number of likely N-dealkylation sites (tertiary alicyclic amines) is 1. The van der Waals surface area contributed by atoms with Crippen LogP contribution in [0.5, 0.6) is 0 Å². The second kappa shape index (κ2) is 7.85. The third-order valence-corrected chi connectivity index (χ3v) is 5.26. The first-order chi connectivity index (χ1) is 12.1. The van der Waals surface area contributed by atoms with Gasteiger partial charge in [0.1, 0.15) is 5.82 Å². The summed E-state index contributed by atoms with van der Waals surface area (Å²) >= 11 is 0. The Morgan fingerprint density at radius 2 is 2.08 bits per heavy atom. The van der Waals surface area contributed by atoms with Crippen molar-refractivity contribution in [2.45, 2.75) is 32.6 Å². The van der Waals surface area contributed by atoms with E-state index in [1.165, 1.54) is 37.8 Å². The number of aliphatic imine (C=N–C) groups is 1. The fraction of sp³-hybridized carbons (Fsp3) is 0.579. The average Bonchev–Trinajstić information content (AvgIpc) is 3.04. The minimum atomic E-state index is -0.500. The Kier molecular flexibility index (Phi) is 5.56. The highest BCUT2D eigenvalue weighted by Gasteiger charge is 2.43. The van der Waals surface area contributed by atoms with Crippen LogP contribution in [0.25, 0.3) is 0 Å². The highest BCUT2D eigenvalue weighted by molar-refractivity contribution is 5.94. The number of halogens is 1. The second-order valence-electron chi connectivity index (χ2n) is 7.00. The maximum atomic E-state index is 13.6. The number of hydrogen-bond acceptors (Lipinski definition) is 2. The molecule has 136 valence electrons. The quantitative estimate of drug-likeness (QED) is 0.489. The van der Waals surface area contributed by atoms with Gasteiger partial charge in [-0.15, -0.1) is 0 Å². The lowest BCUT2D eigenvalue weighted by atomic mass is 9.68. The fourth-order valence-corrected chi connectivity index (χ4v) is 3.70. The van der Waals surface area contributed by atoms with Gasteiger partial charge in [-0.1, -0.05) is 18.6 Å². The third kappa shape index (κ3) is 4.11. The van der Waals surface area contributed by atoms with E-state index in [0.29, 0.717) is 18.5 Å². The van der Waals surface area contributed by atoms with E-state index in [1.54, 1.807) is 12.1 Å². The molecule has 25 heavy (non-hydrogen) atoms. The second-order valence-corrected chi connectivity index (χ2v) is 7.00. The number of carbonyl (C=O) groups is 1. The van der Waals surface area contributed by atoms with E-state index in [0.717, 1.165) is 25.6 Å². The van der Waals surface area contributed by atoms with Crippen LogP contribution in [0, 0.1) is 11.2 Å². The molecule has 2 N–H and O–H groups in total. The van der Waals surface area contributed by atoms with Crippen molar-refractivity contribution >= 4 is 11.9 Å². The minimum absolute atomic E-state index is 0.0739. The van der Waals surface area contributed by atoms with Gasteiger partial charge in [-0.05, 0) is 43.7 Å². The highest BCUT2D eigenvalue weighted by Crippen LogP contribution is 2.47. The molecule has 1 aliphatic carbocycles. The number of rotatable bonds is 5. The van der Waals surface area contributed by atoms with Crippen molar-refractivity contribution in [1.29, 1.82) is 0 Å². The molecule has 1 saturated carbocycles. The first-order valence-electron chi connectivity index (χ1n) is 9.19. The van der Waals surface area contributed by atoms with Crippen molar-refractivity contribution < 1.29 is 9.18 Å². The van der Waals surface area contributed by atoms with Gasteiger partial charge in [0.25, 0.3) is 5.91 Å². The number of carbonyl (C=O) groups excluding carboxylic acids is 1. The molecule has 1 amide bonds. The third-order valence-electron chi connectivity index (χ3n) is 5.26. The molecule has 6 heteroatoms.